The van der Waals surface area contributed by atoms with Crippen LogP contribution in [0, 0.1) is 11.8 Å². The lowest BCUT2D eigenvalue weighted by molar-refractivity contribution is -0.156. The zero-order valence-electron chi connectivity index (χ0n) is 14.6. The van der Waals surface area contributed by atoms with Gasteiger partial charge in [-0.2, -0.15) is 0 Å². The molecule has 2 aliphatic rings. The van der Waals surface area contributed by atoms with Crippen LogP contribution in [-0.2, 0) is 14.3 Å². The number of carbonyl (C=O) groups excluding carboxylic acids is 2. The monoisotopic (exact) mass is 330 g/mol. The molecule has 1 N–H and O–H groups in total. The molecule has 0 saturated carbocycles. The van der Waals surface area contributed by atoms with Crippen molar-refractivity contribution in [1.29, 1.82) is 0 Å². The quantitative estimate of drug-likeness (QED) is 0.282. The van der Waals surface area contributed by atoms with Crippen LogP contribution < -0.4 is 0 Å². The zero-order chi connectivity index (χ0) is 18.0. The van der Waals surface area contributed by atoms with Crippen LogP contribution in [-0.4, -0.2) is 28.6 Å². The van der Waals surface area contributed by atoms with Crippen LogP contribution in [0.4, 0.5) is 0 Å². The topological polar surface area (TPSA) is 63.6 Å². The molecule has 4 heteroatoms. The Balaban J connectivity index is 2.39. The Morgan fingerprint density at radius 2 is 2.21 bits per heavy atom. The van der Waals surface area contributed by atoms with Crippen LogP contribution in [0.5, 0.6) is 0 Å². The van der Waals surface area contributed by atoms with Gasteiger partial charge in [0.1, 0.15) is 11.9 Å². The number of ether oxygens (including phenoxy) is 1. The number of aliphatic hydroxyl groups is 1. The number of hydrogen-bond acceptors (Lipinski definition) is 4. The Labute approximate surface area is 143 Å². The fourth-order valence-electron chi connectivity index (χ4n) is 3.28. The van der Waals surface area contributed by atoms with E-state index in [9.17, 15) is 14.7 Å². The summed E-state index contributed by atoms with van der Waals surface area (Å²) in [7, 11) is 0. The number of esters is 1. The van der Waals surface area contributed by atoms with Crippen LogP contribution in [0.15, 0.2) is 48.1 Å². The third kappa shape index (κ3) is 4.32. The molecule has 2 bridgehead atoms. The van der Waals surface area contributed by atoms with Crippen LogP contribution in [0.3, 0.4) is 0 Å². The van der Waals surface area contributed by atoms with E-state index in [4.69, 9.17) is 4.74 Å². The van der Waals surface area contributed by atoms with E-state index >= 15 is 0 Å². The van der Waals surface area contributed by atoms with Gasteiger partial charge in [0.2, 0.25) is 0 Å². The number of rotatable bonds is 4. The molecular formula is C20H26O4. The van der Waals surface area contributed by atoms with Gasteiger partial charge in [-0.05, 0) is 51.7 Å². The summed E-state index contributed by atoms with van der Waals surface area (Å²) >= 11 is 0. The maximum Gasteiger partial charge on any atom is 0.314 e. The lowest BCUT2D eigenvalue weighted by Gasteiger charge is -2.28. The predicted octanol–water partition coefficient (Wildman–Crippen LogP) is 3.28. The fourth-order valence-corrected chi connectivity index (χ4v) is 3.28. The van der Waals surface area contributed by atoms with E-state index < -0.39 is 17.1 Å². The smallest absolute Gasteiger partial charge is 0.314 e. The summed E-state index contributed by atoms with van der Waals surface area (Å²) in [6.07, 6.45) is 11.6. The first-order valence-electron chi connectivity index (χ1n) is 8.30. The van der Waals surface area contributed by atoms with Crippen molar-refractivity contribution in [2.45, 2.75) is 51.2 Å². The van der Waals surface area contributed by atoms with Crippen LogP contribution in [0.1, 0.15) is 40.0 Å². The van der Waals surface area contributed by atoms with Crippen molar-refractivity contribution in [3.63, 3.8) is 0 Å². The van der Waals surface area contributed by atoms with Gasteiger partial charge in [0.15, 0.2) is 0 Å². The van der Waals surface area contributed by atoms with E-state index in [1.165, 1.54) is 0 Å². The molecule has 0 aromatic rings. The molecule has 1 saturated heterocycles. The van der Waals surface area contributed by atoms with Crippen LogP contribution >= 0.6 is 0 Å². The van der Waals surface area contributed by atoms with Crippen molar-refractivity contribution in [3.8, 4) is 0 Å². The Morgan fingerprint density at radius 1 is 1.50 bits per heavy atom. The average Bonchev–Trinajstić information content (AvgIpc) is 2.54. The summed E-state index contributed by atoms with van der Waals surface area (Å²) in [5, 5.41) is 9.75. The zero-order valence-corrected chi connectivity index (χ0v) is 14.6. The summed E-state index contributed by atoms with van der Waals surface area (Å²) in [6.45, 7) is 9.25. The Kier molecular flexibility index (Phi) is 5.29. The summed E-state index contributed by atoms with van der Waals surface area (Å²) in [5.41, 5.74) is -0.280. The standard InChI is InChI=1S/C20H26O4/c1-14-7-5-11-20(4)12-9-16(17(14)18(22)24-20)15(13-21)8-6-10-19(2,3)23/h5-6,8,10-11,13,16-17,23H,1,7,9,12H2,2-4H3/b10-6+,11-5-,15-8+/t16?,17-,20+/m1/s1. The Hall–Kier alpha value is -1.94. The first-order valence-corrected chi connectivity index (χ1v) is 8.30. The van der Waals surface area contributed by atoms with E-state index in [0.717, 1.165) is 11.9 Å². The number of hydrogen-bond donors (Lipinski definition) is 1. The highest BCUT2D eigenvalue weighted by atomic mass is 16.6. The molecule has 130 valence electrons. The molecule has 0 radical (unpaired) electrons. The van der Waals surface area contributed by atoms with Crippen molar-refractivity contribution in [2.24, 2.45) is 11.8 Å². The van der Waals surface area contributed by atoms with E-state index in [-0.39, 0.29) is 11.9 Å². The highest BCUT2D eigenvalue weighted by molar-refractivity contribution is 5.82. The van der Waals surface area contributed by atoms with Gasteiger partial charge >= 0.3 is 5.97 Å². The van der Waals surface area contributed by atoms with Gasteiger partial charge in [-0.25, -0.2) is 0 Å². The number of aldehydes is 1. The highest BCUT2D eigenvalue weighted by Crippen LogP contribution is 2.41. The number of allylic oxidation sites excluding steroid dienone is 4. The predicted molar refractivity (Wildman–Crippen MR) is 93.2 cm³/mol. The van der Waals surface area contributed by atoms with Crippen molar-refractivity contribution in [3.05, 3.63) is 48.1 Å². The normalized spacial score (nSPS) is 32.9. The van der Waals surface area contributed by atoms with E-state index in [1.54, 1.807) is 32.1 Å². The second kappa shape index (κ2) is 6.89. The highest BCUT2D eigenvalue weighted by Gasteiger charge is 2.42. The minimum absolute atomic E-state index is 0.254. The molecule has 0 aromatic carbocycles. The molecule has 0 spiro atoms. The van der Waals surface area contributed by atoms with Crippen molar-refractivity contribution in [2.75, 3.05) is 0 Å². The number of fused-ring (bicyclic) bond motifs is 3. The van der Waals surface area contributed by atoms with E-state index in [2.05, 4.69) is 6.58 Å². The van der Waals surface area contributed by atoms with Crippen molar-refractivity contribution >= 4 is 12.3 Å². The summed E-state index contributed by atoms with van der Waals surface area (Å²) in [5.74, 6) is -1.08. The third-order valence-corrected chi connectivity index (χ3v) is 4.59. The van der Waals surface area contributed by atoms with Gasteiger partial charge < -0.3 is 9.84 Å². The van der Waals surface area contributed by atoms with Crippen LogP contribution in [0.25, 0.3) is 0 Å². The summed E-state index contributed by atoms with van der Waals surface area (Å²) in [4.78, 5) is 24.3. The molecule has 2 aliphatic heterocycles. The molecule has 1 unspecified atom stereocenters. The van der Waals surface area contributed by atoms with Gasteiger partial charge in [0, 0.05) is 5.92 Å². The summed E-state index contributed by atoms with van der Waals surface area (Å²) in [6, 6.07) is 0. The molecule has 0 amide bonds. The molecule has 24 heavy (non-hydrogen) atoms. The maximum atomic E-state index is 12.6. The van der Waals surface area contributed by atoms with Crippen molar-refractivity contribution < 1.29 is 19.4 Å². The fraction of sp³-hybridized carbons (Fsp3) is 0.500. The SMILES string of the molecule is C=C1C/C=C\[C@@]2(C)CCC(/C(C=O)=C/C=C/C(C)(C)O)[C@@H]1C(=O)O2. The average molecular weight is 330 g/mol. The minimum Gasteiger partial charge on any atom is -0.455 e. The first-order chi connectivity index (χ1) is 11.2. The lowest BCUT2D eigenvalue weighted by Crippen LogP contribution is -2.32. The molecule has 2 rings (SSSR count). The molecule has 0 aromatic heterocycles. The van der Waals surface area contributed by atoms with E-state index in [1.807, 2.05) is 19.1 Å². The minimum atomic E-state index is -0.957. The Morgan fingerprint density at radius 3 is 2.83 bits per heavy atom. The van der Waals surface area contributed by atoms with Gasteiger partial charge in [-0.1, -0.05) is 36.5 Å². The number of carbonyl (C=O) groups is 2. The molecule has 4 nitrogen and oxygen atoms in total. The molecule has 3 atom stereocenters. The molecule has 1 fully saturated rings. The largest absolute Gasteiger partial charge is 0.455 e. The maximum absolute atomic E-state index is 12.6. The molecular weight excluding hydrogens is 304 g/mol. The van der Waals surface area contributed by atoms with Gasteiger partial charge in [0.05, 0.1) is 11.5 Å². The molecule has 2 heterocycles. The van der Waals surface area contributed by atoms with Gasteiger partial charge in [-0.15, -0.1) is 0 Å². The Bertz CT molecular complexity index is 618. The van der Waals surface area contributed by atoms with Crippen molar-refractivity contribution in [1.82, 2.24) is 0 Å². The lowest BCUT2D eigenvalue weighted by atomic mass is 9.78. The van der Waals surface area contributed by atoms with E-state index in [0.29, 0.717) is 24.8 Å². The molecule has 0 aliphatic carbocycles. The van der Waals surface area contributed by atoms with Gasteiger partial charge in [-0.3, -0.25) is 9.59 Å². The second-order valence-corrected chi connectivity index (χ2v) is 7.42. The first kappa shape index (κ1) is 18.4. The third-order valence-electron chi connectivity index (χ3n) is 4.59. The van der Waals surface area contributed by atoms with Gasteiger partial charge in [0.25, 0.3) is 0 Å². The second-order valence-electron chi connectivity index (χ2n) is 7.42. The summed E-state index contributed by atoms with van der Waals surface area (Å²) < 4.78 is 5.67. The van der Waals surface area contributed by atoms with Crippen LogP contribution in [0.2, 0.25) is 0 Å².